The van der Waals surface area contributed by atoms with E-state index >= 15 is 0 Å². The molecule has 1 aromatic heterocycles. The molecule has 0 saturated heterocycles. The first-order valence-corrected chi connectivity index (χ1v) is 8.81. The van der Waals surface area contributed by atoms with Crippen LogP contribution in [0.4, 0.5) is 11.4 Å². The van der Waals surface area contributed by atoms with Gasteiger partial charge in [-0.2, -0.15) is 0 Å². The van der Waals surface area contributed by atoms with Gasteiger partial charge in [0, 0.05) is 16.9 Å². The summed E-state index contributed by atoms with van der Waals surface area (Å²) in [5.74, 6) is -0.0254. The highest BCUT2D eigenvalue weighted by atomic mass is 16.4. The SMILES string of the molecule is CCC(CC)C(O)c1ccc(Nc2ccc(-c3n[nH]c(=O)o3)cc2)cc1. The third-order valence-corrected chi connectivity index (χ3v) is 4.61. The molecule has 0 amide bonds. The molecule has 0 spiro atoms. The van der Waals surface area contributed by atoms with Crippen molar-refractivity contribution < 1.29 is 9.52 Å². The average molecular weight is 353 g/mol. The second kappa shape index (κ2) is 8.01. The van der Waals surface area contributed by atoms with E-state index in [-0.39, 0.29) is 11.8 Å². The fourth-order valence-corrected chi connectivity index (χ4v) is 2.99. The molecule has 26 heavy (non-hydrogen) atoms. The first kappa shape index (κ1) is 17.9. The lowest BCUT2D eigenvalue weighted by Gasteiger charge is -2.20. The van der Waals surface area contributed by atoms with Crippen molar-refractivity contribution in [2.24, 2.45) is 5.92 Å². The molecule has 3 rings (SSSR count). The minimum absolute atomic E-state index is 0.265. The number of hydrogen-bond acceptors (Lipinski definition) is 5. The highest BCUT2D eigenvalue weighted by Gasteiger charge is 2.17. The van der Waals surface area contributed by atoms with E-state index in [0.717, 1.165) is 35.3 Å². The second-order valence-corrected chi connectivity index (χ2v) is 6.26. The van der Waals surface area contributed by atoms with Gasteiger partial charge >= 0.3 is 5.76 Å². The number of aliphatic hydroxyl groups is 1. The molecule has 3 N–H and O–H groups in total. The van der Waals surface area contributed by atoms with E-state index in [0.29, 0.717) is 0 Å². The molecule has 0 saturated carbocycles. The molecule has 0 radical (unpaired) electrons. The Bertz CT molecular complexity index is 878. The lowest BCUT2D eigenvalue weighted by molar-refractivity contribution is 0.103. The van der Waals surface area contributed by atoms with Crippen LogP contribution in [0.5, 0.6) is 0 Å². The van der Waals surface area contributed by atoms with E-state index in [4.69, 9.17) is 4.42 Å². The van der Waals surface area contributed by atoms with Gasteiger partial charge in [-0.25, -0.2) is 9.89 Å². The van der Waals surface area contributed by atoms with Crippen LogP contribution in [0.25, 0.3) is 11.5 Å². The van der Waals surface area contributed by atoms with Gasteiger partial charge in [-0.3, -0.25) is 0 Å². The molecular weight excluding hydrogens is 330 g/mol. The van der Waals surface area contributed by atoms with Crippen molar-refractivity contribution in [3.05, 3.63) is 64.6 Å². The quantitative estimate of drug-likeness (QED) is 0.591. The fourth-order valence-electron chi connectivity index (χ4n) is 2.99. The number of nitrogens with one attached hydrogen (secondary N) is 2. The summed E-state index contributed by atoms with van der Waals surface area (Å²) in [6, 6.07) is 15.3. The van der Waals surface area contributed by atoms with Crippen molar-refractivity contribution in [1.82, 2.24) is 10.2 Å². The largest absolute Gasteiger partial charge is 0.434 e. The van der Waals surface area contributed by atoms with Gasteiger partial charge in [0.05, 0.1) is 6.10 Å². The minimum atomic E-state index is -0.571. The molecule has 1 heterocycles. The van der Waals surface area contributed by atoms with Crippen LogP contribution in [0.2, 0.25) is 0 Å². The summed E-state index contributed by atoms with van der Waals surface area (Å²) in [5.41, 5.74) is 3.50. The summed E-state index contributed by atoms with van der Waals surface area (Å²) < 4.78 is 4.93. The Morgan fingerprint density at radius 3 is 2.12 bits per heavy atom. The van der Waals surface area contributed by atoms with Gasteiger partial charge in [0.25, 0.3) is 0 Å². The van der Waals surface area contributed by atoms with Crippen LogP contribution >= 0.6 is 0 Å². The highest BCUT2D eigenvalue weighted by Crippen LogP contribution is 2.28. The maximum absolute atomic E-state index is 11.0. The molecule has 6 heteroatoms. The number of hydrogen-bond donors (Lipinski definition) is 3. The third-order valence-electron chi connectivity index (χ3n) is 4.61. The third kappa shape index (κ3) is 4.03. The maximum atomic E-state index is 11.0. The van der Waals surface area contributed by atoms with Gasteiger partial charge in [-0.15, -0.1) is 5.10 Å². The van der Waals surface area contributed by atoms with Crippen LogP contribution in [0.15, 0.2) is 57.7 Å². The lowest BCUT2D eigenvalue weighted by Crippen LogP contribution is -2.10. The van der Waals surface area contributed by atoms with Crippen LogP contribution in [0.3, 0.4) is 0 Å². The summed E-state index contributed by atoms with van der Waals surface area (Å²) in [5, 5.41) is 19.8. The normalized spacial score (nSPS) is 12.3. The van der Waals surface area contributed by atoms with E-state index in [1.165, 1.54) is 0 Å². The number of H-pyrrole nitrogens is 1. The average Bonchev–Trinajstić information content (AvgIpc) is 3.10. The van der Waals surface area contributed by atoms with Crippen LogP contribution in [-0.4, -0.2) is 15.3 Å². The van der Waals surface area contributed by atoms with Crippen molar-refractivity contribution in [2.45, 2.75) is 32.8 Å². The maximum Gasteiger partial charge on any atom is 0.434 e. The first-order valence-electron chi connectivity index (χ1n) is 8.81. The van der Waals surface area contributed by atoms with Gasteiger partial charge in [0.1, 0.15) is 0 Å². The molecule has 0 aliphatic carbocycles. The topological polar surface area (TPSA) is 91.1 Å². The van der Waals surface area contributed by atoms with Crippen molar-refractivity contribution in [3.8, 4) is 11.5 Å². The van der Waals surface area contributed by atoms with E-state index in [1.54, 1.807) is 0 Å². The molecule has 6 nitrogen and oxygen atoms in total. The zero-order valence-electron chi connectivity index (χ0n) is 14.9. The summed E-state index contributed by atoms with van der Waals surface area (Å²) >= 11 is 0. The number of nitrogens with zero attached hydrogens (tertiary/aromatic N) is 1. The van der Waals surface area contributed by atoms with Gasteiger partial charge in [0.15, 0.2) is 0 Å². The standard InChI is InChI=1S/C20H23N3O3/c1-3-13(4-2)18(24)14-5-9-16(10-6-14)21-17-11-7-15(8-12-17)19-22-23-20(25)26-19/h5-13,18,21,24H,3-4H2,1-2H3,(H,23,25). The Morgan fingerprint density at radius 2 is 1.62 bits per heavy atom. The van der Waals surface area contributed by atoms with Crippen molar-refractivity contribution >= 4 is 11.4 Å². The number of aromatic amines is 1. The molecule has 0 fully saturated rings. The van der Waals surface area contributed by atoms with Crippen LogP contribution in [0.1, 0.15) is 38.4 Å². The number of aliphatic hydroxyl groups excluding tert-OH is 1. The number of aromatic nitrogens is 2. The molecule has 136 valence electrons. The summed E-state index contributed by atoms with van der Waals surface area (Å²) in [7, 11) is 0. The Kier molecular flexibility index (Phi) is 5.53. The van der Waals surface area contributed by atoms with Crippen LogP contribution < -0.4 is 11.1 Å². The van der Waals surface area contributed by atoms with Gasteiger partial charge in [-0.05, 0) is 47.9 Å². The molecule has 1 unspecified atom stereocenters. The molecule has 0 aliphatic rings. The number of anilines is 2. The Hall–Kier alpha value is -2.86. The second-order valence-electron chi connectivity index (χ2n) is 6.26. The van der Waals surface area contributed by atoms with Gasteiger partial charge in [-0.1, -0.05) is 38.8 Å². The van der Waals surface area contributed by atoms with Gasteiger partial charge < -0.3 is 14.8 Å². The van der Waals surface area contributed by atoms with Crippen molar-refractivity contribution in [2.75, 3.05) is 5.32 Å². The summed E-state index contributed by atoms with van der Waals surface area (Å²) in [4.78, 5) is 11.0. The van der Waals surface area contributed by atoms with E-state index in [1.807, 2.05) is 48.5 Å². The fraction of sp³-hybridized carbons (Fsp3) is 0.300. The zero-order valence-corrected chi connectivity index (χ0v) is 14.9. The lowest BCUT2D eigenvalue weighted by atomic mass is 9.91. The number of rotatable bonds is 7. The molecular formula is C20H23N3O3. The van der Waals surface area contributed by atoms with Crippen LogP contribution in [0, 0.1) is 5.92 Å². The van der Waals surface area contributed by atoms with E-state index in [2.05, 4.69) is 29.4 Å². The minimum Gasteiger partial charge on any atom is -0.388 e. The van der Waals surface area contributed by atoms with Crippen LogP contribution in [-0.2, 0) is 0 Å². The number of benzene rings is 2. The molecule has 0 bridgehead atoms. The highest BCUT2D eigenvalue weighted by molar-refractivity contribution is 5.64. The predicted octanol–water partition coefficient (Wildman–Crippen LogP) is 4.24. The van der Waals surface area contributed by atoms with Crippen molar-refractivity contribution in [3.63, 3.8) is 0 Å². The van der Waals surface area contributed by atoms with Gasteiger partial charge in [0.2, 0.25) is 5.89 Å². The summed E-state index contributed by atoms with van der Waals surface area (Å²) in [6.45, 7) is 4.20. The Morgan fingerprint density at radius 1 is 1.04 bits per heavy atom. The molecule has 1 atom stereocenters. The zero-order chi connectivity index (χ0) is 18.5. The summed E-state index contributed by atoms with van der Waals surface area (Å²) in [6.07, 6.45) is 1.49. The molecule has 3 aromatic rings. The predicted molar refractivity (Wildman–Crippen MR) is 101 cm³/mol. The monoisotopic (exact) mass is 353 g/mol. The molecule has 2 aromatic carbocycles. The Labute approximate surface area is 151 Å². The first-order chi connectivity index (χ1) is 12.6. The van der Waals surface area contributed by atoms with E-state index < -0.39 is 11.9 Å². The smallest absolute Gasteiger partial charge is 0.388 e. The Balaban J connectivity index is 1.68. The van der Waals surface area contributed by atoms with E-state index in [9.17, 15) is 9.90 Å². The molecule has 0 aliphatic heterocycles. The van der Waals surface area contributed by atoms with Crippen molar-refractivity contribution in [1.29, 1.82) is 0 Å².